The molecule has 1 radical (unpaired) electrons. The van der Waals surface area contributed by atoms with Gasteiger partial charge in [-0.15, -0.1) is 47.5 Å². The molecule has 2 nitrogen and oxygen atoms in total. The summed E-state index contributed by atoms with van der Waals surface area (Å²) in [5.74, 6) is -3.94. The first kappa shape index (κ1) is 25.2. The van der Waals surface area contributed by atoms with Crippen molar-refractivity contribution in [3.05, 3.63) is 118 Å². The predicted octanol–water partition coefficient (Wildman–Crippen LogP) is 7.91. The van der Waals surface area contributed by atoms with Crippen LogP contribution in [0.2, 0.25) is 0 Å². The summed E-state index contributed by atoms with van der Waals surface area (Å²) in [6.45, 7) is 1.37. The Labute approximate surface area is 222 Å². The minimum atomic E-state index is -3.26. The Balaban J connectivity index is 0.000000179. The van der Waals surface area contributed by atoms with Crippen molar-refractivity contribution in [2.75, 3.05) is 0 Å². The van der Waals surface area contributed by atoms with Gasteiger partial charge in [-0.3, -0.25) is 4.39 Å². The molecule has 0 aliphatic heterocycles. The molecule has 177 valence electrons. The minimum absolute atomic E-state index is 0. The van der Waals surface area contributed by atoms with E-state index in [0.717, 1.165) is 21.8 Å². The molecule has 2 heterocycles. The van der Waals surface area contributed by atoms with Crippen molar-refractivity contribution in [2.24, 2.45) is 0 Å². The van der Waals surface area contributed by atoms with Crippen LogP contribution in [0.1, 0.15) is 16.7 Å². The molecule has 0 amide bonds. The minimum Gasteiger partial charge on any atom is -0.305 e. The number of nitrogens with zero attached hydrogens (tertiary/aromatic N) is 2. The third-order valence-corrected chi connectivity index (χ3v) is 6.20. The van der Waals surface area contributed by atoms with Crippen LogP contribution in [0.25, 0.3) is 33.3 Å². The van der Waals surface area contributed by atoms with Crippen LogP contribution in [0.3, 0.4) is 0 Å². The van der Waals surface area contributed by atoms with Crippen molar-refractivity contribution in [1.29, 1.82) is 0 Å². The van der Waals surface area contributed by atoms with Crippen LogP contribution in [0, 0.1) is 24.9 Å². The number of fused-ring (bicyclic) bond motifs is 2. The molecule has 0 unspecified atom stereocenters. The van der Waals surface area contributed by atoms with Gasteiger partial charge in [0.2, 0.25) is 0 Å². The maximum atomic E-state index is 14.9. The molecule has 0 N–H and O–H groups in total. The van der Waals surface area contributed by atoms with Gasteiger partial charge in [0.05, 0.1) is 0 Å². The summed E-state index contributed by atoms with van der Waals surface area (Å²) in [4.78, 5) is 8.47. The Kier molecular flexibility index (Phi) is 7.22. The Morgan fingerprint density at radius 3 is 2.51 bits per heavy atom. The summed E-state index contributed by atoms with van der Waals surface area (Å²) in [5.41, 5.74) is 2.06. The molecule has 0 spiro atoms. The van der Waals surface area contributed by atoms with Crippen molar-refractivity contribution in [3.8, 4) is 22.5 Å². The SMILES string of the molecule is Brc1cc[c-]c(-c2ccccn2)c1.Cc1c(F)c[c-]c2c1C(F)(F)c1cccc3ccnc-2c13.[Ir]. The van der Waals surface area contributed by atoms with Crippen molar-refractivity contribution in [1.82, 2.24) is 9.97 Å². The standard InChI is InChI=1S/C17H9F3N.C11H7BrN.Ir/c1-9-13(18)6-5-11-15(9)17(19,20)12-4-2-3-10-7-8-21-16(11)14(10)12;12-10-5-3-4-9(8-10)11-6-1-2-7-13-11;/h2-4,6-8H,1H3;1-3,5-8H;/q2*-1;. The van der Waals surface area contributed by atoms with E-state index in [4.69, 9.17) is 0 Å². The molecule has 0 saturated carbocycles. The van der Waals surface area contributed by atoms with Crippen LogP contribution in [-0.4, -0.2) is 9.97 Å². The largest absolute Gasteiger partial charge is 0.305 e. The van der Waals surface area contributed by atoms with Crippen LogP contribution in [0.5, 0.6) is 0 Å². The van der Waals surface area contributed by atoms with Gasteiger partial charge in [-0.1, -0.05) is 63.2 Å². The average molecular weight is 710 g/mol. The number of alkyl halides is 2. The van der Waals surface area contributed by atoms with E-state index in [2.05, 4.69) is 38.0 Å². The second kappa shape index (κ2) is 10.0. The van der Waals surface area contributed by atoms with Gasteiger partial charge in [0.25, 0.3) is 5.92 Å². The summed E-state index contributed by atoms with van der Waals surface area (Å²) in [6.07, 6.45) is 3.35. The van der Waals surface area contributed by atoms with Crippen LogP contribution in [0.15, 0.2) is 83.6 Å². The third kappa shape index (κ3) is 4.56. The quantitative estimate of drug-likeness (QED) is 0.166. The molecule has 5 aromatic rings. The van der Waals surface area contributed by atoms with E-state index in [9.17, 15) is 13.2 Å². The van der Waals surface area contributed by atoms with E-state index >= 15 is 0 Å². The molecule has 7 heteroatoms. The fourth-order valence-corrected chi connectivity index (χ4v) is 4.49. The molecule has 0 fully saturated rings. The van der Waals surface area contributed by atoms with Gasteiger partial charge in [-0.05, 0) is 39.9 Å². The zero-order valence-corrected chi connectivity index (χ0v) is 22.2. The number of hydrogen-bond acceptors (Lipinski definition) is 2. The van der Waals surface area contributed by atoms with E-state index in [0.29, 0.717) is 16.5 Å². The van der Waals surface area contributed by atoms with Crippen LogP contribution >= 0.6 is 15.9 Å². The molecular formula is C28H16BrF3IrN2-2. The van der Waals surface area contributed by atoms with Crippen molar-refractivity contribution >= 4 is 26.7 Å². The molecule has 0 bridgehead atoms. The van der Waals surface area contributed by atoms with E-state index in [1.165, 1.54) is 13.0 Å². The van der Waals surface area contributed by atoms with Crippen LogP contribution < -0.4 is 0 Å². The second-order valence-corrected chi connectivity index (χ2v) is 8.70. The van der Waals surface area contributed by atoms with Gasteiger partial charge >= 0.3 is 0 Å². The zero-order valence-electron chi connectivity index (χ0n) is 18.2. The molecule has 35 heavy (non-hydrogen) atoms. The Morgan fingerprint density at radius 2 is 1.77 bits per heavy atom. The summed E-state index contributed by atoms with van der Waals surface area (Å²) in [7, 11) is 0. The number of halogens is 4. The van der Waals surface area contributed by atoms with E-state index in [-0.39, 0.29) is 42.4 Å². The first-order valence-corrected chi connectivity index (χ1v) is 11.2. The van der Waals surface area contributed by atoms with Crippen LogP contribution in [0.4, 0.5) is 13.2 Å². The first-order valence-electron chi connectivity index (χ1n) is 10.4. The maximum Gasteiger partial charge on any atom is 0.267 e. The number of pyridine rings is 2. The topological polar surface area (TPSA) is 25.8 Å². The zero-order chi connectivity index (χ0) is 23.9. The van der Waals surface area contributed by atoms with E-state index in [1.807, 2.05) is 36.4 Å². The van der Waals surface area contributed by atoms with Gasteiger partial charge in [-0.25, -0.2) is 8.78 Å². The molecule has 0 atom stereocenters. The van der Waals surface area contributed by atoms with Gasteiger partial charge < -0.3 is 9.97 Å². The normalized spacial score (nSPS) is 12.7. The molecule has 3 aromatic carbocycles. The monoisotopic (exact) mass is 709 g/mol. The molecular weight excluding hydrogens is 693 g/mol. The third-order valence-electron chi connectivity index (χ3n) is 5.71. The first-order chi connectivity index (χ1) is 16.4. The van der Waals surface area contributed by atoms with Gasteiger partial charge in [0.15, 0.2) is 0 Å². The number of benzene rings is 3. The molecule has 1 aliphatic carbocycles. The number of aromatic nitrogens is 2. The smallest absolute Gasteiger partial charge is 0.267 e. The average Bonchev–Trinajstić information content (AvgIpc) is 2.85. The molecule has 2 aromatic heterocycles. The van der Waals surface area contributed by atoms with Crippen molar-refractivity contribution in [3.63, 3.8) is 0 Å². The summed E-state index contributed by atoms with van der Waals surface area (Å²) in [5, 5.41) is 1.11. The van der Waals surface area contributed by atoms with Crippen molar-refractivity contribution in [2.45, 2.75) is 12.8 Å². The summed E-state index contributed by atoms with van der Waals surface area (Å²) in [6, 6.07) is 25.0. The molecule has 0 saturated heterocycles. The fraction of sp³-hybridized carbons (Fsp3) is 0.0714. The van der Waals surface area contributed by atoms with Crippen LogP contribution in [-0.2, 0) is 26.0 Å². The predicted molar refractivity (Wildman–Crippen MR) is 130 cm³/mol. The van der Waals surface area contributed by atoms with Gasteiger partial charge in [0.1, 0.15) is 0 Å². The Morgan fingerprint density at radius 1 is 0.943 bits per heavy atom. The second-order valence-electron chi connectivity index (χ2n) is 7.78. The number of hydrogen-bond donors (Lipinski definition) is 0. The van der Waals surface area contributed by atoms with E-state index in [1.54, 1.807) is 30.6 Å². The van der Waals surface area contributed by atoms with Gasteiger partial charge in [0, 0.05) is 43.9 Å². The summed E-state index contributed by atoms with van der Waals surface area (Å²) < 4.78 is 44.5. The molecule has 1 aliphatic rings. The number of rotatable bonds is 1. The van der Waals surface area contributed by atoms with Crippen molar-refractivity contribution < 1.29 is 33.3 Å². The fourth-order valence-electron chi connectivity index (χ4n) is 4.13. The Bertz CT molecular complexity index is 1520. The Hall–Kier alpha value is -2.86. The maximum absolute atomic E-state index is 14.9. The van der Waals surface area contributed by atoms with E-state index < -0.39 is 11.7 Å². The summed E-state index contributed by atoms with van der Waals surface area (Å²) >= 11 is 3.41. The van der Waals surface area contributed by atoms with Gasteiger partial charge in [-0.2, -0.15) is 0 Å². The molecule has 6 rings (SSSR count).